The predicted molar refractivity (Wildman–Crippen MR) is 106 cm³/mol. The minimum Gasteiger partial charge on any atom is -0.364 e. The lowest BCUT2D eigenvalue weighted by Crippen LogP contribution is -2.12. The van der Waals surface area contributed by atoms with Gasteiger partial charge in [-0.05, 0) is 30.2 Å². The molecule has 0 aliphatic carbocycles. The van der Waals surface area contributed by atoms with E-state index in [0.29, 0.717) is 12.4 Å². The molecule has 0 unspecified atom stereocenters. The van der Waals surface area contributed by atoms with Gasteiger partial charge in [0, 0.05) is 43.4 Å². The molecule has 8 heteroatoms. The molecule has 4 aromatic heterocycles. The molecular weight excluding hydrogens is 340 g/mol. The molecule has 0 bridgehead atoms. The van der Waals surface area contributed by atoms with Gasteiger partial charge in [-0.3, -0.25) is 10.5 Å². The van der Waals surface area contributed by atoms with Crippen LogP contribution in [0.5, 0.6) is 0 Å². The van der Waals surface area contributed by atoms with Gasteiger partial charge in [0.1, 0.15) is 5.65 Å². The Balaban J connectivity index is 1.56. The number of rotatable bonds is 7. The second-order valence-corrected chi connectivity index (χ2v) is 6.31. The van der Waals surface area contributed by atoms with Gasteiger partial charge < -0.3 is 15.1 Å². The molecule has 4 heterocycles. The number of nitrogens with zero attached hydrogens (tertiary/aromatic N) is 5. The molecule has 0 aliphatic rings. The van der Waals surface area contributed by atoms with Gasteiger partial charge in [0.25, 0.3) is 0 Å². The number of aromatic nitrogens is 5. The van der Waals surface area contributed by atoms with Crippen LogP contribution < -0.4 is 16.6 Å². The van der Waals surface area contributed by atoms with Crippen LogP contribution in [-0.2, 0) is 13.1 Å². The van der Waals surface area contributed by atoms with Crippen molar-refractivity contribution < 1.29 is 0 Å². The predicted octanol–water partition coefficient (Wildman–Crippen LogP) is 2.90. The summed E-state index contributed by atoms with van der Waals surface area (Å²) in [6.45, 7) is 3.64. The first-order valence-electron chi connectivity index (χ1n) is 8.93. The topological polar surface area (TPSA) is 98.1 Å². The average Bonchev–Trinajstić information content (AvgIpc) is 3.35. The number of aryl methyl sites for hydroxylation is 1. The number of pyridine rings is 2. The molecule has 0 fully saturated rings. The molecule has 4 N–H and O–H groups in total. The van der Waals surface area contributed by atoms with Crippen LogP contribution in [0, 0.1) is 0 Å². The summed E-state index contributed by atoms with van der Waals surface area (Å²) < 4.78 is 3.92. The van der Waals surface area contributed by atoms with Gasteiger partial charge in [0.15, 0.2) is 5.82 Å². The number of hydrogen-bond acceptors (Lipinski definition) is 6. The van der Waals surface area contributed by atoms with Crippen LogP contribution in [0.25, 0.3) is 16.9 Å². The molecule has 27 heavy (non-hydrogen) atoms. The van der Waals surface area contributed by atoms with Crippen LogP contribution in [0.1, 0.15) is 18.9 Å². The Hall–Kier alpha value is -3.39. The zero-order valence-electron chi connectivity index (χ0n) is 15.1. The number of nitrogens with one attached hydrogen (secondary N) is 2. The summed E-state index contributed by atoms with van der Waals surface area (Å²) in [4.78, 5) is 8.99. The summed E-state index contributed by atoms with van der Waals surface area (Å²) in [5.41, 5.74) is 7.31. The first-order valence-corrected chi connectivity index (χ1v) is 8.93. The van der Waals surface area contributed by atoms with E-state index >= 15 is 0 Å². The molecule has 4 rings (SSSR count). The normalized spacial score (nSPS) is 11.0. The number of hydrogen-bond donors (Lipinski definition) is 3. The van der Waals surface area contributed by atoms with Gasteiger partial charge in [0.05, 0.1) is 17.6 Å². The smallest absolute Gasteiger partial charge is 0.151 e. The second kappa shape index (κ2) is 7.46. The molecule has 138 valence electrons. The molecule has 0 amide bonds. The highest BCUT2D eigenvalue weighted by Crippen LogP contribution is 2.25. The van der Waals surface area contributed by atoms with Crippen molar-refractivity contribution in [2.24, 2.45) is 5.84 Å². The van der Waals surface area contributed by atoms with E-state index in [4.69, 9.17) is 10.8 Å². The fourth-order valence-electron chi connectivity index (χ4n) is 2.97. The summed E-state index contributed by atoms with van der Waals surface area (Å²) in [6.07, 6.45) is 10.6. The van der Waals surface area contributed by atoms with Gasteiger partial charge in [-0.1, -0.05) is 13.0 Å². The molecule has 0 aliphatic heterocycles. The number of nitrogen functional groups attached to an aromatic ring is 1. The number of fused-ring (bicyclic) bond motifs is 1. The van der Waals surface area contributed by atoms with E-state index < -0.39 is 0 Å². The SMILES string of the molecule is CCCn1cc(-c2ccc(NN)c(NCc3ccc4nccn4c3)n2)cn1. The molecule has 0 atom stereocenters. The summed E-state index contributed by atoms with van der Waals surface area (Å²) in [5.74, 6) is 6.35. The third kappa shape index (κ3) is 3.61. The standard InChI is InChI=1S/C19H22N8/c1-2-8-27-13-15(11-23-27)16-4-5-17(25-20)19(24-16)22-10-14-3-6-18-21-7-9-26(18)12-14/h3-7,9,11-13,25H,2,8,10,20H2,1H3,(H,22,24). The summed E-state index contributed by atoms with van der Waals surface area (Å²) in [7, 11) is 0. The van der Waals surface area contributed by atoms with Gasteiger partial charge in [-0.15, -0.1) is 0 Å². The van der Waals surface area contributed by atoms with Crippen molar-refractivity contribution in [3.63, 3.8) is 0 Å². The Labute approximate surface area is 157 Å². The van der Waals surface area contributed by atoms with Crippen LogP contribution in [0.4, 0.5) is 11.5 Å². The molecule has 8 nitrogen and oxygen atoms in total. The zero-order chi connectivity index (χ0) is 18.6. The summed E-state index contributed by atoms with van der Waals surface area (Å²) in [5, 5.41) is 7.74. The number of hydrazine groups is 1. The molecular formula is C19H22N8. The van der Waals surface area contributed by atoms with Crippen molar-refractivity contribution >= 4 is 17.2 Å². The lowest BCUT2D eigenvalue weighted by Gasteiger charge is -2.12. The monoisotopic (exact) mass is 362 g/mol. The average molecular weight is 362 g/mol. The molecule has 0 spiro atoms. The maximum absolute atomic E-state index is 5.65. The van der Waals surface area contributed by atoms with Crippen LogP contribution in [0.15, 0.2) is 55.2 Å². The van der Waals surface area contributed by atoms with Crippen molar-refractivity contribution in [3.8, 4) is 11.3 Å². The van der Waals surface area contributed by atoms with Crippen molar-refractivity contribution in [2.75, 3.05) is 10.7 Å². The van der Waals surface area contributed by atoms with Crippen LogP contribution in [0.2, 0.25) is 0 Å². The van der Waals surface area contributed by atoms with E-state index in [2.05, 4.69) is 27.7 Å². The van der Waals surface area contributed by atoms with E-state index in [-0.39, 0.29) is 0 Å². The van der Waals surface area contributed by atoms with Crippen molar-refractivity contribution in [3.05, 3.63) is 60.8 Å². The van der Waals surface area contributed by atoms with Crippen LogP contribution >= 0.6 is 0 Å². The quantitative estimate of drug-likeness (QED) is 0.345. The summed E-state index contributed by atoms with van der Waals surface area (Å²) >= 11 is 0. The highest BCUT2D eigenvalue weighted by molar-refractivity contribution is 5.70. The Morgan fingerprint density at radius 1 is 1.15 bits per heavy atom. The third-order valence-electron chi connectivity index (χ3n) is 4.34. The molecule has 4 aromatic rings. The minimum absolute atomic E-state index is 0.619. The van der Waals surface area contributed by atoms with Crippen LogP contribution in [0.3, 0.4) is 0 Å². The van der Waals surface area contributed by atoms with E-state index in [0.717, 1.165) is 41.1 Å². The van der Waals surface area contributed by atoms with Crippen molar-refractivity contribution in [1.82, 2.24) is 24.1 Å². The van der Waals surface area contributed by atoms with Crippen LogP contribution in [-0.4, -0.2) is 24.1 Å². The third-order valence-corrected chi connectivity index (χ3v) is 4.34. The molecule has 0 saturated heterocycles. The Kier molecular flexibility index (Phi) is 4.71. The van der Waals surface area contributed by atoms with E-state index in [1.54, 1.807) is 6.20 Å². The highest BCUT2D eigenvalue weighted by Gasteiger charge is 2.09. The van der Waals surface area contributed by atoms with E-state index in [1.807, 2.05) is 58.1 Å². The Morgan fingerprint density at radius 2 is 2.07 bits per heavy atom. The van der Waals surface area contributed by atoms with Crippen molar-refractivity contribution in [1.29, 1.82) is 0 Å². The fourth-order valence-corrected chi connectivity index (χ4v) is 2.97. The first-order chi connectivity index (χ1) is 13.3. The lowest BCUT2D eigenvalue weighted by atomic mass is 10.2. The van der Waals surface area contributed by atoms with Gasteiger partial charge in [-0.2, -0.15) is 5.10 Å². The first kappa shape index (κ1) is 17.0. The maximum Gasteiger partial charge on any atom is 0.151 e. The van der Waals surface area contributed by atoms with Gasteiger partial charge in [0.2, 0.25) is 0 Å². The Bertz CT molecular complexity index is 1050. The second-order valence-electron chi connectivity index (χ2n) is 6.31. The minimum atomic E-state index is 0.619. The van der Waals surface area contributed by atoms with Gasteiger partial charge >= 0.3 is 0 Å². The Morgan fingerprint density at radius 3 is 2.93 bits per heavy atom. The number of imidazole rings is 1. The summed E-state index contributed by atoms with van der Waals surface area (Å²) in [6, 6.07) is 7.89. The molecule has 0 saturated carbocycles. The maximum atomic E-state index is 5.65. The van der Waals surface area contributed by atoms with Crippen molar-refractivity contribution in [2.45, 2.75) is 26.4 Å². The van der Waals surface area contributed by atoms with Gasteiger partial charge in [-0.25, -0.2) is 9.97 Å². The molecule has 0 radical (unpaired) electrons. The fraction of sp³-hybridized carbons (Fsp3) is 0.211. The largest absolute Gasteiger partial charge is 0.364 e. The highest BCUT2D eigenvalue weighted by atomic mass is 15.3. The van der Waals surface area contributed by atoms with E-state index in [1.165, 1.54) is 0 Å². The molecule has 0 aromatic carbocycles. The van der Waals surface area contributed by atoms with E-state index in [9.17, 15) is 0 Å². The lowest BCUT2D eigenvalue weighted by molar-refractivity contribution is 0.603. The number of anilines is 2. The number of nitrogens with two attached hydrogens (primary N) is 1. The zero-order valence-corrected chi connectivity index (χ0v) is 15.1.